The van der Waals surface area contributed by atoms with Crippen molar-refractivity contribution < 1.29 is 4.79 Å². The van der Waals surface area contributed by atoms with Crippen LogP contribution < -0.4 is 10.6 Å². The Morgan fingerprint density at radius 1 is 1.26 bits per heavy atom. The van der Waals surface area contributed by atoms with Gasteiger partial charge >= 0.3 is 6.03 Å². The van der Waals surface area contributed by atoms with Gasteiger partial charge in [-0.05, 0) is 48.6 Å². The first kappa shape index (κ1) is 15.4. The van der Waals surface area contributed by atoms with Crippen LogP contribution in [0, 0.1) is 6.92 Å². The molecule has 0 atom stereocenters. The van der Waals surface area contributed by atoms with Crippen molar-refractivity contribution in [3.63, 3.8) is 0 Å². The molecule has 0 saturated heterocycles. The fraction of sp³-hybridized carbons (Fsp3) is 0.176. The number of anilines is 1. The molecule has 3 aromatic rings. The van der Waals surface area contributed by atoms with Gasteiger partial charge in [-0.25, -0.2) is 4.79 Å². The maximum absolute atomic E-state index is 12.0. The number of thioether (sulfide) groups is 1. The Labute approximate surface area is 138 Å². The Kier molecular flexibility index (Phi) is 4.52. The first-order chi connectivity index (χ1) is 11.2. The van der Waals surface area contributed by atoms with Crippen molar-refractivity contribution in [2.45, 2.75) is 18.4 Å². The molecule has 0 unspecified atom stereocenters. The standard InChI is InChI=1S/C17H18N4OS/c1-11-7-12(3-6-16(11)23-2)9-18-17(22)20-14-4-5-15-13(8-14)10-19-21-15/h3-8,10H,9H2,1-2H3,(H,19,21)(H2,18,20,22). The molecule has 0 aliphatic rings. The largest absolute Gasteiger partial charge is 0.334 e. The van der Waals surface area contributed by atoms with Crippen LogP contribution in [-0.2, 0) is 6.54 Å². The third-order valence-corrected chi connectivity index (χ3v) is 4.51. The summed E-state index contributed by atoms with van der Waals surface area (Å²) in [4.78, 5) is 13.3. The summed E-state index contributed by atoms with van der Waals surface area (Å²) < 4.78 is 0. The Balaban J connectivity index is 1.59. The highest BCUT2D eigenvalue weighted by Crippen LogP contribution is 2.20. The first-order valence-electron chi connectivity index (χ1n) is 7.27. The maximum Gasteiger partial charge on any atom is 0.319 e. The zero-order valence-electron chi connectivity index (χ0n) is 13.0. The fourth-order valence-corrected chi connectivity index (χ4v) is 3.01. The van der Waals surface area contributed by atoms with Crippen molar-refractivity contribution in [2.75, 3.05) is 11.6 Å². The second kappa shape index (κ2) is 6.75. The number of rotatable bonds is 4. The highest BCUT2D eigenvalue weighted by Gasteiger charge is 2.04. The quantitative estimate of drug-likeness (QED) is 0.637. The number of hydrogen-bond acceptors (Lipinski definition) is 3. The Morgan fingerprint density at radius 2 is 2.13 bits per heavy atom. The van der Waals surface area contributed by atoms with Gasteiger partial charge in [-0.1, -0.05) is 12.1 Å². The summed E-state index contributed by atoms with van der Waals surface area (Å²) >= 11 is 1.72. The van der Waals surface area contributed by atoms with Crippen LogP contribution in [0.5, 0.6) is 0 Å². The number of amides is 2. The molecule has 3 N–H and O–H groups in total. The number of benzene rings is 2. The van der Waals surface area contributed by atoms with E-state index in [1.807, 2.05) is 24.3 Å². The van der Waals surface area contributed by atoms with Gasteiger partial charge in [-0.15, -0.1) is 11.8 Å². The zero-order valence-corrected chi connectivity index (χ0v) is 13.8. The van der Waals surface area contributed by atoms with E-state index in [1.54, 1.807) is 18.0 Å². The number of carbonyl (C=O) groups is 1. The summed E-state index contributed by atoms with van der Waals surface area (Å²) in [5, 5.41) is 13.5. The van der Waals surface area contributed by atoms with Crippen molar-refractivity contribution in [1.29, 1.82) is 0 Å². The van der Waals surface area contributed by atoms with Gasteiger partial charge in [0.25, 0.3) is 0 Å². The number of nitrogens with one attached hydrogen (secondary N) is 3. The Hall–Kier alpha value is -2.47. The molecule has 6 heteroatoms. The number of aromatic amines is 1. The van der Waals surface area contributed by atoms with Crippen LogP contribution in [0.3, 0.4) is 0 Å². The van der Waals surface area contributed by atoms with E-state index in [-0.39, 0.29) is 6.03 Å². The predicted molar refractivity (Wildman–Crippen MR) is 94.9 cm³/mol. The molecule has 0 radical (unpaired) electrons. The summed E-state index contributed by atoms with van der Waals surface area (Å²) in [7, 11) is 0. The van der Waals surface area contributed by atoms with Gasteiger partial charge in [-0.2, -0.15) is 5.10 Å². The lowest BCUT2D eigenvalue weighted by atomic mass is 10.1. The number of urea groups is 1. The van der Waals surface area contributed by atoms with E-state index in [4.69, 9.17) is 0 Å². The number of aryl methyl sites for hydroxylation is 1. The second-order valence-corrected chi connectivity index (χ2v) is 6.13. The van der Waals surface area contributed by atoms with Crippen LogP contribution >= 0.6 is 11.8 Å². The normalized spacial score (nSPS) is 10.7. The predicted octanol–water partition coefficient (Wildman–Crippen LogP) is 3.91. The van der Waals surface area contributed by atoms with Gasteiger partial charge in [0.15, 0.2) is 0 Å². The molecule has 23 heavy (non-hydrogen) atoms. The van der Waals surface area contributed by atoms with Crippen LogP contribution in [0.1, 0.15) is 11.1 Å². The lowest BCUT2D eigenvalue weighted by Crippen LogP contribution is -2.28. The second-order valence-electron chi connectivity index (χ2n) is 5.28. The molecule has 0 aliphatic carbocycles. The first-order valence-corrected chi connectivity index (χ1v) is 8.49. The molecule has 0 fully saturated rings. The number of fused-ring (bicyclic) bond motifs is 1. The van der Waals surface area contributed by atoms with Gasteiger partial charge in [-0.3, -0.25) is 5.10 Å². The number of H-pyrrole nitrogens is 1. The topological polar surface area (TPSA) is 69.8 Å². The van der Waals surface area contributed by atoms with Crippen LogP contribution in [-0.4, -0.2) is 22.5 Å². The molecule has 0 bridgehead atoms. The summed E-state index contributed by atoms with van der Waals surface area (Å²) in [6.07, 6.45) is 3.79. The van der Waals surface area contributed by atoms with Crippen molar-refractivity contribution >= 4 is 34.4 Å². The number of nitrogens with zero attached hydrogens (tertiary/aromatic N) is 1. The van der Waals surface area contributed by atoms with Crippen LogP contribution in [0.15, 0.2) is 47.5 Å². The average Bonchev–Trinajstić information content (AvgIpc) is 3.01. The Morgan fingerprint density at radius 3 is 2.91 bits per heavy atom. The van der Waals surface area contributed by atoms with Crippen molar-refractivity contribution in [3.8, 4) is 0 Å². The minimum Gasteiger partial charge on any atom is -0.334 e. The van der Waals surface area contributed by atoms with Gasteiger partial charge in [0.05, 0.1) is 11.7 Å². The fourth-order valence-electron chi connectivity index (χ4n) is 2.43. The molecule has 0 aliphatic heterocycles. The van der Waals surface area contributed by atoms with E-state index in [0.29, 0.717) is 6.54 Å². The molecule has 0 saturated carbocycles. The monoisotopic (exact) mass is 326 g/mol. The SMILES string of the molecule is CSc1ccc(CNC(=O)Nc2ccc3[nH]ncc3c2)cc1C. The van der Waals surface area contributed by atoms with Gasteiger partial charge < -0.3 is 10.6 Å². The minimum absolute atomic E-state index is 0.223. The zero-order chi connectivity index (χ0) is 16.2. The number of aromatic nitrogens is 2. The van der Waals surface area contributed by atoms with Crippen molar-refractivity contribution in [1.82, 2.24) is 15.5 Å². The van der Waals surface area contributed by atoms with Gasteiger partial charge in [0.1, 0.15) is 0 Å². The van der Waals surface area contributed by atoms with E-state index < -0.39 is 0 Å². The molecule has 0 spiro atoms. The van der Waals surface area contributed by atoms with E-state index in [1.165, 1.54) is 10.5 Å². The molecule has 1 aromatic heterocycles. The van der Waals surface area contributed by atoms with E-state index >= 15 is 0 Å². The third kappa shape index (κ3) is 3.65. The molecule has 1 heterocycles. The molecule has 118 valence electrons. The van der Waals surface area contributed by atoms with E-state index in [0.717, 1.165) is 22.2 Å². The number of hydrogen-bond donors (Lipinski definition) is 3. The smallest absolute Gasteiger partial charge is 0.319 e. The van der Waals surface area contributed by atoms with Gasteiger partial charge in [0.2, 0.25) is 0 Å². The van der Waals surface area contributed by atoms with Gasteiger partial charge in [0, 0.05) is 22.5 Å². The lowest BCUT2D eigenvalue weighted by molar-refractivity contribution is 0.251. The van der Waals surface area contributed by atoms with Crippen LogP contribution in [0.2, 0.25) is 0 Å². The van der Waals surface area contributed by atoms with Crippen molar-refractivity contribution in [2.24, 2.45) is 0 Å². The molecular formula is C17H18N4OS. The molecular weight excluding hydrogens is 308 g/mol. The summed E-state index contributed by atoms with van der Waals surface area (Å²) in [6.45, 7) is 2.57. The third-order valence-electron chi connectivity index (χ3n) is 3.61. The maximum atomic E-state index is 12.0. The summed E-state index contributed by atoms with van der Waals surface area (Å²) in [5.74, 6) is 0. The molecule has 3 rings (SSSR count). The van der Waals surface area contributed by atoms with Crippen molar-refractivity contribution in [3.05, 3.63) is 53.7 Å². The molecule has 5 nitrogen and oxygen atoms in total. The van der Waals surface area contributed by atoms with Crippen LogP contribution in [0.4, 0.5) is 10.5 Å². The van der Waals surface area contributed by atoms with E-state index in [9.17, 15) is 4.79 Å². The number of carbonyl (C=O) groups excluding carboxylic acids is 1. The summed E-state index contributed by atoms with van der Waals surface area (Å²) in [6, 6.07) is 11.6. The highest BCUT2D eigenvalue weighted by atomic mass is 32.2. The van der Waals surface area contributed by atoms with Crippen LogP contribution in [0.25, 0.3) is 10.9 Å². The summed E-state index contributed by atoms with van der Waals surface area (Å²) in [5.41, 5.74) is 3.99. The minimum atomic E-state index is -0.223. The highest BCUT2D eigenvalue weighted by molar-refractivity contribution is 7.98. The molecule has 2 aromatic carbocycles. The molecule has 2 amide bonds. The average molecular weight is 326 g/mol. The lowest BCUT2D eigenvalue weighted by Gasteiger charge is -2.09. The Bertz CT molecular complexity index is 843. The van der Waals surface area contributed by atoms with E-state index in [2.05, 4.69) is 46.1 Å².